The molecule has 0 aliphatic carbocycles. The number of amides is 2. The van der Waals surface area contributed by atoms with Crippen LogP contribution in [0.15, 0.2) is 42.6 Å². The van der Waals surface area contributed by atoms with Crippen LogP contribution in [0.4, 0.5) is 0 Å². The van der Waals surface area contributed by atoms with Gasteiger partial charge in [-0.3, -0.25) is 9.59 Å². The van der Waals surface area contributed by atoms with E-state index in [1.54, 1.807) is 0 Å². The number of aromatic nitrogens is 1. The van der Waals surface area contributed by atoms with Crippen LogP contribution in [-0.4, -0.2) is 34.4 Å². The number of benzene rings is 1. The van der Waals surface area contributed by atoms with E-state index >= 15 is 0 Å². The first-order valence-corrected chi connectivity index (χ1v) is 9.23. The van der Waals surface area contributed by atoms with Gasteiger partial charge in [-0.25, -0.2) is 0 Å². The van der Waals surface area contributed by atoms with Gasteiger partial charge in [-0.05, 0) is 30.5 Å². The van der Waals surface area contributed by atoms with Crippen LogP contribution in [0.25, 0.3) is 0 Å². The third kappa shape index (κ3) is 3.98. The predicted octanol–water partition coefficient (Wildman–Crippen LogP) is 2.89. The second-order valence-electron chi connectivity index (χ2n) is 7.40. The van der Waals surface area contributed by atoms with Gasteiger partial charge in [-0.1, -0.05) is 43.7 Å². The number of hydrogen-bond acceptors (Lipinski definition) is 2. The second kappa shape index (κ2) is 7.77. The molecule has 1 aromatic carbocycles. The smallest absolute Gasteiger partial charge is 0.232 e. The molecule has 26 heavy (non-hydrogen) atoms. The van der Waals surface area contributed by atoms with Crippen molar-refractivity contribution in [2.75, 3.05) is 13.1 Å². The van der Waals surface area contributed by atoms with Crippen molar-refractivity contribution >= 4 is 11.8 Å². The lowest BCUT2D eigenvalue weighted by Crippen LogP contribution is -2.44. The van der Waals surface area contributed by atoms with Gasteiger partial charge in [-0.2, -0.15) is 0 Å². The minimum Gasteiger partial charge on any atom is -0.355 e. The molecule has 0 radical (unpaired) electrons. The maximum Gasteiger partial charge on any atom is 0.232 e. The highest BCUT2D eigenvalue weighted by Gasteiger charge is 2.32. The maximum absolute atomic E-state index is 12.9. The summed E-state index contributed by atoms with van der Waals surface area (Å²) in [6.45, 7) is 8.08. The largest absolute Gasteiger partial charge is 0.355 e. The van der Waals surface area contributed by atoms with Crippen molar-refractivity contribution in [3.63, 3.8) is 0 Å². The summed E-state index contributed by atoms with van der Waals surface area (Å²) in [6.07, 6.45) is 1.95. The van der Waals surface area contributed by atoms with Crippen LogP contribution in [0.2, 0.25) is 0 Å². The van der Waals surface area contributed by atoms with Crippen molar-refractivity contribution in [1.29, 1.82) is 0 Å². The van der Waals surface area contributed by atoms with Crippen LogP contribution in [0.1, 0.15) is 43.1 Å². The molecule has 0 saturated heterocycles. The van der Waals surface area contributed by atoms with Gasteiger partial charge >= 0.3 is 0 Å². The summed E-state index contributed by atoms with van der Waals surface area (Å²) >= 11 is 0. The van der Waals surface area contributed by atoms with Crippen molar-refractivity contribution < 1.29 is 9.59 Å². The Hall–Kier alpha value is -2.56. The van der Waals surface area contributed by atoms with E-state index in [0.29, 0.717) is 19.0 Å². The summed E-state index contributed by atoms with van der Waals surface area (Å²) in [4.78, 5) is 26.9. The number of rotatable bonds is 5. The highest BCUT2D eigenvalue weighted by atomic mass is 16.2. The minimum absolute atomic E-state index is 0.101. The number of carbonyl (C=O) groups is 2. The number of fused-ring (bicyclic) bond motifs is 1. The molecule has 0 saturated carbocycles. The van der Waals surface area contributed by atoms with Crippen LogP contribution in [0.3, 0.4) is 0 Å². The average Bonchev–Trinajstić information content (AvgIpc) is 3.07. The number of aryl methyl sites for hydroxylation is 1. The first kappa shape index (κ1) is 18.2. The van der Waals surface area contributed by atoms with Crippen molar-refractivity contribution in [2.45, 2.75) is 39.8 Å². The lowest BCUT2D eigenvalue weighted by molar-refractivity contribution is -0.138. The molecule has 2 amide bonds. The van der Waals surface area contributed by atoms with Crippen molar-refractivity contribution in [3.05, 3.63) is 59.4 Å². The van der Waals surface area contributed by atoms with Gasteiger partial charge in [0.15, 0.2) is 0 Å². The summed E-state index contributed by atoms with van der Waals surface area (Å²) in [6, 6.07) is 12.2. The Morgan fingerprint density at radius 2 is 2.00 bits per heavy atom. The van der Waals surface area contributed by atoms with E-state index in [9.17, 15) is 9.59 Å². The molecule has 1 aliphatic heterocycles. The average molecular weight is 353 g/mol. The van der Waals surface area contributed by atoms with Crippen molar-refractivity contribution in [3.8, 4) is 0 Å². The minimum atomic E-state index is -0.201. The van der Waals surface area contributed by atoms with Crippen LogP contribution >= 0.6 is 0 Å². The van der Waals surface area contributed by atoms with Crippen LogP contribution in [0.5, 0.6) is 0 Å². The number of nitrogens with zero attached hydrogens (tertiary/aromatic N) is 2. The lowest BCUT2D eigenvalue weighted by atomic mass is 9.98. The van der Waals surface area contributed by atoms with E-state index in [2.05, 4.69) is 47.3 Å². The monoisotopic (exact) mass is 353 g/mol. The fraction of sp³-hybridized carbons (Fsp3) is 0.429. The molecule has 0 spiro atoms. The summed E-state index contributed by atoms with van der Waals surface area (Å²) in [7, 11) is 0. The zero-order chi connectivity index (χ0) is 18.7. The maximum atomic E-state index is 12.9. The Bertz CT molecular complexity index is 794. The lowest BCUT2D eigenvalue weighted by Gasteiger charge is -2.37. The molecule has 1 N–H and O–H groups in total. The third-order valence-electron chi connectivity index (χ3n) is 4.74. The van der Waals surface area contributed by atoms with Gasteiger partial charge < -0.3 is 14.8 Å². The Morgan fingerprint density at radius 3 is 2.73 bits per heavy atom. The Balaban J connectivity index is 1.83. The van der Waals surface area contributed by atoms with Gasteiger partial charge in [0, 0.05) is 31.5 Å². The molecular formula is C21H27N3O2. The molecular weight excluding hydrogens is 326 g/mol. The molecule has 2 aromatic rings. The second-order valence-corrected chi connectivity index (χ2v) is 7.40. The molecule has 2 heterocycles. The van der Waals surface area contributed by atoms with Crippen molar-refractivity contribution in [1.82, 2.24) is 14.8 Å². The quantitative estimate of drug-likeness (QED) is 0.841. The highest BCUT2D eigenvalue weighted by Crippen LogP contribution is 2.33. The number of carbonyl (C=O) groups excluding carboxylic acids is 2. The van der Waals surface area contributed by atoms with E-state index in [0.717, 1.165) is 23.4 Å². The molecule has 0 bridgehead atoms. The fourth-order valence-electron chi connectivity index (χ4n) is 3.46. The first-order chi connectivity index (χ1) is 12.5. The van der Waals surface area contributed by atoms with E-state index < -0.39 is 0 Å². The molecule has 1 atom stereocenters. The predicted molar refractivity (Wildman–Crippen MR) is 102 cm³/mol. The molecule has 1 aromatic heterocycles. The normalized spacial score (nSPS) is 16.5. The summed E-state index contributed by atoms with van der Waals surface area (Å²) < 4.78 is 2.19. The molecule has 3 rings (SSSR count). The summed E-state index contributed by atoms with van der Waals surface area (Å²) in [5.74, 6) is 0.0465. The zero-order valence-electron chi connectivity index (χ0n) is 15.7. The summed E-state index contributed by atoms with van der Waals surface area (Å²) in [5, 5.41) is 2.84. The molecule has 5 heteroatoms. The van der Waals surface area contributed by atoms with Crippen LogP contribution < -0.4 is 5.32 Å². The van der Waals surface area contributed by atoms with Gasteiger partial charge in [0.1, 0.15) is 6.42 Å². The van der Waals surface area contributed by atoms with E-state index in [-0.39, 0.29) is 24.3 Å². The molecule has 0 unspecified atom stereocenters. The Morgan fingerprint density at radius 1 is 1.19 bits per heavy atom. The standard InChI is InChI=1S/C21H27N3O2/c1-15(2)14-22-19(25)13-20(26)24-11-10-23-9-5-8-18(23)21(24)17-7-4-6-16(3)12-17/h4-9,12,15,21H,10-11,13-14H2,1-3H3,(H,22,25)/t21-/m1/s1. The fourth-order valence-corrected chi connectivity index (χ4v) is 3.46. The SMILES string of the molecule is Cc1cccc([C@@H]2c3cccn3CCN2C(=O)CC(=O)NCC(C)C)c1. The van der Waals surface area contributed by atoms with E-state index in [1.807, 2.05) is 30.9 Å². The number of hydrogen-bond donors (Lipinski definition) is 1. The summed E-state index contributed by atoms with van der Waals surface area (Å²) in [5.41, 5.74) is 3.34. The van der Waals surface area contributed by atoms with Gasteiger partial charge in [0.2, 0.25) is 11.8 Å². The molecule has 0 fully saturated rings. The third-order valence-corrected chi connectivity index (χ3v) is 4.74. The van der Waals surface area contributed by atoms with Gasteiger partial charge in [-0.15, -0.1) is 0 Å². The number of nitrogens with one attached hydrogen (secondary N) is 1. The van der Waals surface area contributed by atoms with Crippen molar-refractivity contribution in [2.24, 2.45) is 5.92 Å². The first-order valence-electron chi connectivity index (χ1n) is 9.23. The highest BCUT2D eigenvalue weighted by molar-refractivity contribution is 5.97. The van der Waals surface area contributed by atoms with E-state index in [4.69, 9.17) is 0 Å². The van der Waals surface area contributed by atoms with E-state index in [1.165, 1.54) is 0 Å². The topological polar surface area (TPSA) is 54.3 Å². The van der Waals surface area contributed by atoms with Gasteiger partial charge in [0.25, 0.3) is 0 Å². The molecule has 1 aliphatic rings. The molecule has 5 nitrogen and oxygen atoms in total. The zero-order valence-corrected chi connectivity index (χ0v) is 15.7. The Labute approximate surface area is 155 Å². The van der Waals surface area contributed by atoms with Gasteiger partial charge in [0.05, 0.1) is 6.04 Å². The molecule has 138 valence electrons. The van der Waals surface area contributed by atoms with Crippen LogP contribution in [-0.2, 0) is 16.1 Å². The Kier molecular flexibility index (Phi) is 5.45. The van der Waals surface area contributed by atoms with Crippen LogP contribution in [0, 0.1) is 12.8 Å².